The molecule has 0 spiro atoms. The maximum atomic E-state index is 13.2. The second-order valence-electron chi connectivity index (χ2n) is 7.48. The first-order valence-corrected chi connectivity index (χ1v) is 12.0. The number of morpholine rings is 1. The quantitative estimate of drug-likeness (QED) is 0.634. The number of esters is 1. The highest BCUT2D eigenvalue weighted by atomic mass is 35.5. The molecular weight excluding hydrogens is 456 g/mol. The lowest BCUT2D eigenvalue weighted by atomic mass is 10.2. The molecule has 10 heteroatoms. The van der Waals surface area contributed by atoms with Crippen molar-refractivity contribution in [2.75, 3.05) is 25.0 Å². The number of carbonyl (C=O) groups excluding carboxylic acids is 2. The van der Waals surface area contributed by atoms with E-state index in [0.29, 0.717) is 11.3 Å². The van der Waals surface area contributed by atoms with E-state index in [1.807, 2.05) is 0 Å². The highest BCUT2D eigenvalue weighted by molar-refractivity contribution is 7.89. The van der Waals surface area contributed by atoms with Gasteiger partial charge in [-0.3, -0.25) is 4.79 Å². The Hall–Kier alpha value is -2.46. The van der Waals surface area contributed by atoms with Crippen LogP contribution in [0.1, 0.15) is 41.5 Å². The van der Waals surface area contributed by atoms with E-state index in [4.69, 9.17) is 21.1 Å². The van der Waals surface area contributed by atoms with Crippen LogP contribution in [-0.2, 0) is 19.5 Å². The smallest absolute Gasteiger partial charge is 0.338 e. The molecule has 1 N–H and O–H groups in total. The summed E-state index contributed by atoms with van der Waals surface area (Å²) in [6.07, 6.45) is -0.507. The predicted molar refractivity (Wildman–Crippen MR) is 121 cm³/mol. The second kappa shape index (κ2) is 9.99. The molecule has 32 heavy (non-hydrogen) atoms. The van der Waals surface area contributed by atoms with Gasteiger partial charge in [-0.05, 0) is 63.2 Å². The average Bonchev–Trinajstić information content (AvgIpc) is 2.74. The van der Waals surface area contributed by atoms with Gasteiger partial charge in [-0.15, -0.1) is 0 Å². The Morgan fingerprint density at radius 2 is 1.69 bits per heavy atom. The van der Waals surface area contributed by atoms with Crippen molar-refractivity contribution in [1.82, 2.24) is 4.31 Å². The van der Waals surface area contributed by atoms with E-state index >= 15 is 0 Å². The lowest BCUT2D eigenvalue weighted by Gasteiger charge is -2.34. The van der Waals surface area contributed by atoms with E-state index in [1.54, 1.807) is 32.9 Å². The number of hydrogen-bond acceptors (Lipinski definition) is 6. The van der Waals surface area contributed by atoms with Crippen molar-refractivity contribution < 1.29 is 27.5 Å². The van der Waals surface area contributed by atoms with E-state index in [9.17, 15) is 18.0 Å². The van der Waals surface area contributed by atoms with Crippen molar-refractivity contribution in [3.8, 4) is 0 Å². The third-order valence-corrected chi connectivity index (χ3v) is 7.16. The zero-order valence-electron chi connectivity index (χ0n) is 18.0. The summed E-state index contributed by atoms with van der Waals surface area (Å²) >= 11 is 6.20. The standard InChI is InChI=1S/C22H25ClN2O6S/c1-4-30-22(27)16-5-8-18(9-6-16)24-21(26)17-7-10-19(23)20(11-17)32(28,29)25-12-14(2)31-15(3)13-25/h5-11,14-15H,4,12-13H2,1-3H3,(H,24,26). The number of sulfonamides is 1. The summed E-state index contributed by atoms with van der Waals surface area (Å²) < 4.78 is 38.3. The van der Waals surface area contributed by atoms with Crippen molar-refractivity contribution in [2.24, 2.45) is 0 Å². The molecule has 1 saturated heterocycles. The Balaban J connectivity index is 1.80. The van der Waals surface area contributed by atoms with Crippen LogP contribution >= 0.6 is 11.6 Å². The Morgan fingerprint density at radius 3 is 2.28 bits per heavy atom. The van der Waals surface area contributed by atoms with Gasteiger partial charge in [0, 0.05) is 24.3 Å². The number of ether oxygens (including phenoxy) is 2. The fourth-order valence-corrected chi connectivity index (χ4v) is 5.51. The maximum absolute atomic E-state index is 13.2. The topological polar surface area (TPSA) is 102 Å². The fourth-order valence-electron chi connectivity index (χ4n) is 3.42. The number of hydrogen-bond donors (Lipinski definition) is 1. The van der Waals surface area contributed by atoms with Crippen molar-refractivity contribution in [1.29, 1.82) is 0 Å². The maximum Gasteiger partial charge on any atom is 0.338 e. The number of amides is 1. The summed E-state index contributed by atoms with van der Waals surface area (Å²) in [4.78, 5) is 24.3. The van der Waals surface area contributed by atoms with Gasteiger partial charge in [0.1, 0.15) is 4.90 Å². The number of benzene rings is 2. The molecule has 1 aliphatic heterocycles. The molecule has 1 aliphatic rings. The van der Waals surface area contributed by atoms with Gasteiger partial charge in [0.05, 0.1) is 29.4 Å². The van der Waals surface area contributed by atoms with Crippen LogP contribution < -0.4 is 5.32 Å². The summed E-state index contributed by atoms with van der Waals surface area (Å²) in [6, 6.07) is 10.3. The third-order valence-electron chi connectivity index (χ3n) is 4.85. The number of nitrogens with zero attached hydrogens (tertiary/aromatic N) is 1. The van der Waals surface area contributed by atoms with E-state index in [1.165, 1.54) is 34.6 Å². The summed E-state index contributed by atoms with van der Waals surface area (Å²) in [7, 11) is -3.92. The van der Waals surface area contributed by atoms with Gasteiger partial charge in [0.25, 0.3) is 5.91 Å². The molecule has 2 unspecified atom stereocenters. The Bertz CT molecular complexity index is 1090. The molecule has 0 radical (unpaired) electrons. The largest absolute Gasteiger partial charge is 0.462 e. The molecule has 0 bridgehead atoms. The fraction of sp³-hybridized carbons (Fsp3) is 0.364. The number of rotatable bonds is 6. The first kappa shape index (κ1) is 24.2. The predicted octanol–water partition coefficient (Wildman–Crippen LogP) is 3.57. The molecule has 3 rings (SSSR count). The summed E-state index contributed by atoms with van der Waals surface area (Å²) in [6.45, 7) is 5.99. The normalized spacial score (nSPS) is 19.4. The Morgan fingerprint density at radius 1 is 1.09 bits per heavy atom. The van der Waals surface area contributed by atoms with Gasteiger partial charge < -0.3 is 14.8 Å². The van der Waals surface area contributed by atoms with Gasteiger partial charge in [-0.2, -0.15) is 4.31 Å². The van der Waals surface area contributed by atoms with Crippen LogP contribution in [0.25, 0.3) is 0 Å². The van der Waals surface area contributed by atoms with Crippen molar-refractivity contribution >= 4 is 39.2 Å². The number of anilines is 1. The molecule has 2 aromatic rings. The highest BCUT2D eigenvalue weighted by Gasteiger charge is 2.33. The van der Waals surface area contributed by atoms with Crippen LogP contribution in [-0.4, -0.2) is 56.5 Å². The van der Waals surface area contributed by atoms with Crippen LogP contribution in [0, 0.1) is 0 Å². The molecule has 8 nitrogen and oxygen atoms in total. The minimum atomic E-state index is -3.92. The number of carbonyl (C=O) groups is 2. The molecule has 1 fully saturated rings. The zero-order chi connectivity index (χ0) is 23.5. The molecular formula is C22H25ClN2O6S. The van der Waals surface area contributed by atoms with Crippen LogP contribution in [0.3, 0.4) is 0 Å². The molecule has 1 heterocycles. The molecule has 1 amide bonds. The molecule has 0 saturated carbocycles. The van der Waals surface area contributed by atoms with Gasteiger partial charge >= 0.3 is 5.97 Å². The Labute approximate surface area is 192 Å². The van der Waals surface area contributed by atoms with Crippen LogP contribution in [0.4, 0.5) is 5.69 Å². The molecule has 2 aromatic carbocycles. The van der Waals surface area contributed by atoms with Crippen LogP contribution in [0.2, 0.25) is 5.02 Å². The summed E-state index contributed by atoms with van der Waals surface area (Å²) in [5.74, 6) is -0.963. The molecule has 172 valence electrons. The van der Waals surface area contributed by atoms with Gasteiger partial charge in [-0.1, -0.05) is 11.6 Å². The summed E-state index contributed by atoms with van der Waals surface area (Å²) in [5, 5.41) is 2.72. The highest BCUT2D eigenvalue weighted by Crippen LogP contribution is 2.28. The van der Waals surface area contributed by atoms with E-state index in [-0.39, 0.29) is 47.4 Å². The van der Waals surface area contributed by atoms with E-state index in [0.717, 1.165) is 0 Å². The van der Waals surface area contributed by atoms with Crippen molar-refractivity contribution in [2.45, 2.75) is 37.9 Å². The Kier molecular flexibility index (Phi) is 7.55. The zero-order valence-corrected chi connectivity index (χ0v) is 19.6. The monoisotopic (exact) mass is 480 g/mol. The SMILES string of the molecule is CCOC(=O)c1ccc(NC(=O)c2ccc(Cl)c(S(=O)(=O)N3CC(C)OC(C)C3)c2)cc1. The molecule has 0 aliphatic carbocycles. The van der Waals surface area contributed by atoms with E-state index in [2.05, 4.69) is 5.32 Å². The van der Waals surface area contributed by atoms with E-state index < -0.39 is 21.9 Å². The van der Waals surface area contributed by atoms with Gasteiger partial charge in [0.2, 0.25) is 10.0 Å². The van der Waals surface area contributed by atoms with Crippen molar-refractivity contribution in [3.05, 3.63) is 58.6 Å². The van der Waals surface area contributed by atoms with Crippen molar-refractivity contribution in [3.63, 3.8) is 0 Å². The first-order valence-electron chi connectivity index (χ1n) is 10.2. The third kappa shape index (κ3) is 5.47. The summed E-state index contributed by atoms with van der Waals surface area (Å²) in [5.41, 5.74) is 0.939. The average molecular weight is 481 g/mol. The first-order chi connectivity index (χ1) is 15.1. The van der Waals surface area contributed by atoms with Gasteiger partial charge in [0.15, 0.2) is 0 Å². The molecule has 0 aromatic heterocycles. The minimum absolute atomic E-state index is 0.0344. The minimum Gasteiger partial charge on any atom is -0.462 e. The molecule has 2 atom stereocenters. The van der Waals surface area contributed by atoms with Gasteiger partial charge in [-0.25, -0.2) is 13.2 Å². The lowest BCUT2D eigenvalue weighted by molar-refractivity contribution is -0.0440. The van der Waals surface area contributed by atoms with Crippen LogP contribution in [0.15, 0.2) is 47.4 Å². The number of halogens is 1. The second-order valence-corrected chi connectivity index (χ2v) is 9.79. The van der Waals surface area contributed by atoms with Crippen LogP contribution in [0.5, 0.6) is 0 Å². The number of nitrogens with one attached hydrogen (secondary N) is 1. The lowest BCUT2D eigenvalue weighted by Crippen LogP contribution is -2.48.